The van der Waals surface area contributed by atoms with Crippen LogP contribution in [0.5, 0.6) is 5.75 Å². The molecule has 0 aromatic heterocycles. The first kappa shape index (κ1) is 21.7. The molecule has 0 atom stereocenters. The zero-order valence-corrected chi connectivity index (χ0v) is 16.5. The summed E-state index contributed by atoms with van der Waals surface area (Å²) >= 11 is 6.04. The van der Waals surface area contributed by atoms with Crippen molar-refractivity contribution in [1.82, 2.24) is 4.31 Å². The van der Waals surface area contributed by atoms with Gasteiger partial charge in [-0.3, -0.25) is 4.79 Å². The number of aryl methyl sites for hydroxylation is 1. The molecule has 0 bridgehead atoms. The molecule has 9 heteroatoms. The van der Waals surface area contributed by atoms with Gasteiger partial charge in [-0.05, 0) is 25.0 Å². The Morgan fingerprint density at radius 2 is 1.96 bits per heavy atom. The van der Waals surface area contributed by atoms with E-state index in [1.54, 1.807) is 19.2 Å². The summed E-state index contributed by atoms with van der Waals surface area (Å²) in [6.45, 7) is 2.69. The van der Waals surface area contributed by atoms with Crippen molar-refractivity contribution in [2.75, 3.05) is 45.5 Å². The molecular formula is C16H25ClN2O5S. The van der Waals surface area contributed by atoms with E-state index in [1.807, 2.05) is 6.92 Å². The second kappa shape index (κ2) is 9.96. The number of halogens is 1. The summed E-state index contributed by atoms with van der Waals surface area (Å²) in [4.78, 5) is 12.2. The van der Waals surface area contributed by atoms with E-state index in [0.717, 1.165) is 11.8 Å². The Labute approximate surface area is 154 Å². The monoisotopic (exact) mass is 392 g/mol. The normalized spacial score (nSPS) is 11.6. The van der Waals surface area contributed by atoms with Crippen LogP contribution in [0.1, 0.15) is 18.4 Å². The fourth-order valence-electron chi connectivity index (χ4n) is 2.20. The largest absolute Gasteiger partial charge is 0.495 e. The average molecular weight is 393 g/mol. The lowest BCUT2D eigenvalue weighted by Crippen LogP contribution is -2.34. The number of rotatable bonds is 10. The molecule has 1 aromatic carbocycles. The van der Waals surface area contributed by atoms with Crippen molar-refractivity contribution in [1.29, 1.82) is 0 Å². The zero-order valence-electron chi connectivity index (χ0n) is 15.0. The molecule has 0 aliphatic heterocycles. The lowest BCUT2D eigenvalue weighted by atomic mass is 10.2. The van der Waals surface area contributed by atoms with E-state index in [2.05, 4.69) is 5.32 Å². The Balaban J connectivity index is 2.71. The molecule has 0 saturated heterocycles. The van der Waals surface area contributed by atoms with E-state index in [0.29, 0.717) is 36.0 Å². The molecule has 7 nitrogen and oxygen atoms in total. The number of carbonyl (C=O) groups excluding carboxylic acids is 1. The number of carbonyl (C=O) groups is 1. The number of hydrogen-bond acceptors (Lipinski definition) is 5. The van der Waals surface area contributed by atoms with Crippen LogP contribution in [0.4, 0.5) is 5.69 Å². The summed E-state index contributed by atoms with van der Waals surface area (Å²) in [7, 11) is -0.344. The highest BCUT2D eigenvalue weighted by Crippen LogP contribution is 2.31. The van der Waals surface area contributed by atoms with Crippen LogP contribution in [0.2, 0.25) is 5.02 Å². The number of nitrogens with zero attached hydrogens (tertiary/aromatic N) is 1. The zero-order chi connectivity index (χ0) is 19.0. The molecule has 1 rings (SSSR count). The Bertz CT molecular complexity index is 694. The predicted molar refractivity (Wildman–Crippen MR) is 98.9 cm³/mol. The molecule has 0 heterocycles. The number of methoxy groups -OCH3 is 2. The second-order valence-corrected chi connectivity index (χ2v) is 8.00. The third-order valence-electron chi connectivity index (χ3n) is 3.57. The van der Waals surface area contributed by atoms with Gasteiger partial charge in [0.05, 0.1) is 19.1 Å². The maximum atomic E-state index is 12.2. The van der Waals surface area contributed by atoms with E-state index in [4.69, 9.17) is 21.1 Å². The molecule has 0 aliphatic rings. The molecule has 142 valence electrons. The summed E-state index contributed by atoms with van der Waals surface area (Å²) in [5.74, 6) is 0.143. The molecule has 0 fully saturated rings. The van der Waals surface area contributed by atoms with Crippen LogP contribution in [0.15, 0.2) is 12.1 Å². The highest BCUT2D eigenvalue weighted by molar-refractivity contribution is 7.88. The van der Waals surface area contributed by atoms with Crippen LogP contribution >= 0.6 is 11.6 Å². The predicted octanol–water partition coefficient (Wildman–Crippen LogP) is 2.28. The highest BCUT2D eigenvalue weighted by Gasteiger charge is 2.18. The van der Waals surface area contributed by atoms with Gasteiger partial charge < -0.3 is 14.8 Å². The lowest BCUT2D eigenvalue weighted by Gasteiger charge is -2.19. The number of sulfonamides is 1. The summed E-state index contributed by atoms with van der Waals surface area (Å²) in [5.41, 5.74) is 1.30. The molecule has 0 radical (unpaired) electrons. The van der Waals surface area contributed by atoms with Gasteiger partial charge in [-0.1, -0.05) is 11.6 Å². The Kier molecular flexibility index (Phi) is 8.64. The summed E-state index contributed by atoms with van der Waals surface area (Å²) < 4.78 is 35.0. The topological polar surface area (TPSA) is 84.9 Å². The molecule has 0 aliphatic carbocycles. The third kappa shape index (κ3) is 7.19. The van der Waals surface area contributed by atoms with Gasteiger partial charge >= 0.3 is 0 Å². The molecule has 1 N–H and O–H groups in total. The van der Waals surface area contributed by atoms with Crippen molar-refractivity contribution in [3.8, 4) is 5.75 Å². The smallest absolute Gasteiger partial charge is 0.225 e. The van der Waals surface area contributed by atoms with E-state index in [9.17, 15) is 13.2 Å². The minimum Gasteiger partial charge on any atom is -0.495 e. The Morgan fingerprint density at radius 3 is 2.52 bits per heavy atom. The van der Waals surface area contributed by atoms with E-state index in [-0.39, 0.29) is 18.9 Å². The Hall–Kier alpha value is -1.35. The van der Waals surface area contributed by atoms with Gasteiger partial charge in [0.15, 0.2) is 0 Å². The van der Waals surface area contributed by atoms with Gasteiger partial charge in [0.1, 0.15) is 5.75 Å². The van der Waals surface area contributed by atoms with Crippen LogP contribution in [0.3, 0.4) is 0 Å². The summed E-state index contributed by atoms with van der Waals surface area (Å²) in [5, 5.41) is 3.27. The van der Waals surface area contributed by atoms with Gasteiger partial charge in [0, 0.05) is 44.3 Å². The number of amides is 1. The fourth-order valence-corrected chi connectivity index (χ4v) is 3.23. The number of anilines is 1. The van der Waals surface area contributed by atoms with Gasteiger partial charge in [-0.25, -0.2) is 12.7 Å². The molecule has 1 aromatic rings. The Morgan fingerprint density at radius 1 is 1.28 bits per heavy atom. The second-order valence-electron chi connectivity index (χ2n) is 5.61. The van der Waals surface area contributed by atoms with Gasteiger partial charge in [-0.2, -0.15) is 0 Å². The highest BCUT2D eigenvalue weighted by atomic mass is 35.5. The van der Waals surface area contributed by atoms with Crippen molar-refractivity contribution in [2.24, 2.45) is 0 Å². The van der Waals surface area contributed by atoms with Gasteiger partial charge in [-0.15, -0.1) is 0 Å². The minimum atomic E-state index is -3.38. The first-order valence-electron chi connectivity index (χ1n) is 7.77. The fraction of sp³-hybridized carbons (Fsp3) is 0.562. The van der Waals surface area contributed by atoms with Crippen molar-refractivity contribution < 1.29 is 22.7 Å². The van der Waals surface area contributed by atoms with Crippen molar-refractivity contribution in [3.05, 3.63) is 22.7 Å². The standard InChI is InChI=1S/C16H25ClN2O5S/c1-12-10-14(15(24-3)11-13(12)17)18-16(20)6-8-19(25(4,21)22)7-5-9-23-2/h10-11H,5-9H2,1-4H3,(H,18,20). The van der Waals surface area contributed by atoms with Crippen LogP contribution in [-0.2, 0) is 19.6 Å². The molecule has 25 heavy (non-hydrogen) atoms. The number of hydrogen-bond donors (Lipinski definition) is 1. The SMILES string of the molecule is COCCCN(CCC(=O)Nc1cc(C)c(Cl)cc1OC)S(C)(=O)=O. The van der Waals surface area contributed by atoms with Gasteiger partial charge in [0.2, 0.25) is 15.9 Å². The number of ether oxygens (including phenoxy) is 2. The molecule has 0 spiro atoms. The molecule has 1 amide bonds. The average Bonchev–Trinajstić information content (AvgIpc) is 2.52. The van der Waals surface area contributed by atoms with Crippen molar-refractivity contribution in [2.45, 2.75) is 19.8 Å². The maximum absolute atomic E-state index is 12.2. The van der Waals surface area contributed by atoms with Crippen LogP contribution in [0.25, 0.3) is 0 Å². The van der Waals surface area contributed by atoms with Crippen LogP contribution in [-0.4, -0.2) is 58.8 Å². The van der Waals surface area contributed by atoms with Crippen LogP contribution in [0, 0.1) is 6.92 Å². The van der Waals surface area contributed by atoms with E-state index < -0.39 is 10.0 Å². The first-order chi connectivity index (χ1) is 11.7. The van der Waals surface area contributed by atoms with Gasteiger partial charge in [0.25, 0.3) is 0 Å². The summed E-state index contributed by atoms with van der Waals surface area (Å²) in [6.07, 6.45) is 1.73. The van der Waals surface area contributed by atoms with Crippen molar-refractivity contribution >= 4 is 33.2 Å². The summed E-state index contributed by atoms with van der Waals surface area (Å²) in [6, 6.07) is 3.34. The quantitative estimate of drug-likeness (QED) is 0.617. The molecular weight excluding hydrogens is 368 g/mol. The van der Waals surface area contributed by atoms with E-state index >= 15 is 0 Å². The first-order valence-corrected chi connectivity index (χ1v) is 9.99. The van der Waals surface area contributed by atoms with Crippen molar-refractivity contribution in [3.63, 3.8) is 0 Å². The lowest BCUT2D eigenvalue weighted by molar-refractivity contribution is -0.116. The molecule has 0 unspecified atom stereocenters. The number of benzene rings is 1. The minimum absolute atomic E-state index is 0.0326. The van der Waals surface area contributed by atoms with Crippen LogP contribution < -0.4 is 10.1 Å². The number of nitrogens with one attached hydrogen (secondary N) is 1. The third-order valence-corrected chi connectivity index (χ3v) is 5.28. The molecule has 0 saturated carbocycles. The van der Waals surface area contributed by atoms with E-state index in [1.165, 1.54) is 11.4 Å². The maximum Gasteiger partial charge on any atom is 0.225 e.